The van der Waals surface area contributed by atoms with Crippen LogP contribution >= 0.6 is 0 Å². The molecule has 1 aromatic rings. The first-order valence-corrected chi connectivity index (χ1v) is 14.1. The van der Waals surface area contributed by atoms with Crippen LogP contribution < -0.4 is 5.32 Å². The van der Waals surface area contributed by atoms with E-state index in [-0.39, 0.29) is 12.6 Å². The highest BCUT2D eigenvalue weighted by molar-refractivity contribution is 5.96. The fourth-order valence-electron chi connectivity index (χ4n) is 4.90. The zero-order valence-corrected chi connectivity index (χ0v) is 25.0. The quantitative estimate of drug-likeness (QED) is 0.132. The number of carbonyl (C=O) groups excluding carboxylic acids is 1. The van der Waals surface area contributed by atoms with Crippen LogP contribution in [0.1, 0.15) is 69.4 Å². The van der Waals surface area contributed by atoms with Crippen molar-refractivity contribution in [2.45, 2.75) is 73.4 Å². The summed E-state index contributed by atoms with van der Waals surface area (Å²) in [5.41, 5.74) is 7.39. The first kappa shape index (κ1) is 35.1. The van der Waals surface area contributed by atoms with E-state index in [1.54, 1.807) is 6.08 Å². The third kappa shape index (κ3) is 9.33. The summed E-state index contributed by atoms with van der Waals surface area (Å²) < 4.78 is 10.7. The number of aliphatic hydroxyl groups is 3. The van der Waals surface area contributed by atoms with Crippen LogP contribution in [0.25, 0.3) is 0 Å². The molecule has 40 heavy (non-hydrogen) atoms. The summed E-state index contributed by atoms with van der Waals surface area (Å²) in [7, 11) is 0. The van der Waals surface area contributed by atoms with Gasteiger partial charge >= 0.3 is 5.97 Å². The van der Waals surface area contributed by atoms with Gasteiger partial charge in [0.05, 0.1) is 31.0 Å². The maximum Gasteiger partial charge on any atom is 0.338 e. The lowest BCUT2D eigenvalue weighted by Crippen LogP contribution is -2.39. The molecule has 2 heterocycles. The number of hydrogen-bond donors (Lipinski definition) is 4. The number of fused-ring (bicyclic) bond motifs is 1. The summed E-state index contributed by atoms with van der Waals surface area (Å²) in [5.74, 6) is -0.317. The lowest BCUT2D eigenvalue weighted by Gasteiger charge is -2.26. The largest absolute Gasteiger partial charge is 0.462 e. The standard InChI is InChI=1S/C28H40N2O5.C2H2O.C2H6/c1-6-21(25-17-35-28(33)22(25)7-2)19(5)27(32)14-30(8-3)12-11-29-13-26(31)23-10-9-20-15-34-16-24(20)18(23)4;1-2-3;1-2/h7,9-10,26-27,29,31-32H,5-6,8,11-17H2,1-4H3;1,3H;1-2H3/b22-7+,25-21-;;. The second-order valence-electron chi connectivity index (χ2n) is 9.28. The van der Waals surface area contributed by atoms with Gasteiger partial charge in [-0.3, -0.25) is 4.90 Å². The molecule has 2 unspecified atom stereocenters. The molecule has 1 fully saturated rings. The molecular weight excluding hydrogens is 508 g/mol. The van der Waals surface area contributed by atoms with Gasteiger partial charge in [0.2, 0.25) is 0 Å². The Kier molecular flexibility index (Phi) is 16.2. The Balaban J connectivity index is 0.00000150. The van der Waals surface area contributed by atoms with Gasteiger partial charge < -0.3 is 30.1 Å². The van der Waals surface area contributed by atoms with Crippen LogP contribution in [0.5, 0.6) is 0 Å². The molecule has 8 heteroatoms. The molecule has 0 spiro atoms. The summed E-state index contributed by atoms with van der Waals surface area (Å²) in [6, 6.07) is 4.05. The van der Waals surface area contributed by atoms with E-state index >= 15 is 0 Å². The van der Waals surface area contributed by atoms with Crippen molar-refractivity contribution in [2.24, 2.45) is 0 Å². The summed E-state index contributed by atoms with van der Waals surface area (Å²) in [5, 5.41) is 32.1. The van der Waals surface area contributed by atoms with Crippen molar-refractivity contribution in [1.29, 1.82) is 0 Å². The molecule has 8 nitrogen and oxygen atoms in total. The zero-order valence-electron chi connectivity index (χ0n) is 25.0. The van der Waals surface area contributed by atoms with E-state index in [1.165, 1.54) is 17.2 Å². The molecular formula is C32H48N2O6. The fourth-order valence-corrected chi connectivity index (χ4v) is 4.90. The van der Waals surface area contributed by atoms with Gasteiger partial charge in [0.15, 0.2) is 0 Å². The van der Waals surface area contributed by atoms with Crippen molar-refractivity contribution >= 4 is 5.97 Å². The summed E-state index contributed by atoms with van der Waals surface area (Å²) in [4.78, 5) is 14.1. The number of esters is 1. The number of carbonyl (C=O) groups is 1. The molecule has 2 atom stereocenters. The summed E-state index contributed by atoms with van der Waals surface area (Å²) in [6.07, 6.45) is 6.50. The van der Waals surface area contributed by atoms with E-state index in [0.717, 1.165) is 35.4 Å². The molecule has 1 saturated heterocycles. The van der Waals surface area contributed by atoms with E-state index < -0.39 is 12.2 Å². The Morgan fingerprint density at radius 3 is 2.52 bits per heavy atom. The molecule has 222 valence electrons. The fraction of sp³-hybridized carbons (Fsp3) is 0.531. The van der Waals surface area contributed by atoms with E-state index in [0.29, 0.717) is 50.4 Å². The number of hydrogen-bond acceptors (Lipinski definition) is 8. The van der Waals surface area contributed by atoms with Crippen LogP contribution in [0.15, 0.2) is 47.1 Å². The number of ether oxygens (including phenoxy) is 2. The SMILES string of the molecule is C#CO.C=C(/C(CC)=C1/COC(=O)/C1=C/C)C(O)CN(CC)CCNCC(O)c1ccc2c(c1C)COC2.CC. The Morgan fingerprint density at radius 1 is 1.25 bits per heavy atom. The van der Waals surface area contributed by atoms with Crippen LogP contribution in [-0.2, 0) is 27.5 Å². The van der Waals surface area contributed by atoms with Gasteiger partial charge in [-0.2, -0.15) is 0 Å². The van der Waals surface area contributed by atoms with Crippen LogP contribution in [0, 0.1) is 19.5 Å². The number of cyclic esters (lactones) is 1. The molecule has 0 bridgehead atoms. The van der Waals surface area contributed by atoms with E-state index in [2.05, 4.69) is 30.1 Å². The summed E-state index contributed by atoms with van der Waals surface area (Å²) >= 11 is 0. The number of rotatable bonds is 12. The molecule has 3 rings (SSSR count). The van der Waals surface area contributed by atoms with Gasteiger partial charge in [-0.1, -0.05) is 58.9 Å². The minimum Gasteiger partial charge on any atom is -0.462 e. The molecule has 2 aliphatic rings. The Hall–Kier alpha value is -2.93. The predicted octanol–water partition coefficient (Wildman–Crippen LogP) is 4.07. The molecule has 0 aromatic heterocycles. The molecule has 1 aromatic carbocycles. The highest BCUT2D eigenvalue weighted by Gasteiger charge is 2.28. The van der Waals surface area contributed by atoms with Gasteiger partial charge in [-0.15, -0.1) is 0 Å². The lowest BCUT2D eigenvalue weighted by atomic mass is 9.91. The number of nitrogens with one attached hydrogen (secondary N) is 1. The third-order valence-corrected chi connectivity index (χ3v) is 7.11. The average molecular weight is 557 g/mol. The average Bonchev–Trinajstić information content (AvgIpc) is 3.59. The van der Waals surface area contributed by atoms with Crippen LogP contribution in [-0.4, -0.2) is 71.6 Å². The topological polar surface area (TPSA) is 111 Å². The lowest BCUT2D eigenvalue weighted by molar-refractivity contribution is -0.135. The third-order valence-electron chi connectivity index (χ3n) is 7.11. The van der Waals surface area contributed by atoms with Crippen molar-refractivity contribution in [3.63, 3.8) is 0 Å². The van der Waals surface area contributed by atoms with Crippen LogP contribution in [0.3, 0.4) is 0 Å². The maximum atomic E-state index is 12.0. The number of terminal acetylenes is 1. The smallest absolute Gasteiger partial charge is 0.338 e. The minimum absolute atomic E-state index is 0.230. The first-order chi connectivity index (χ1) is 19.2. The zero-order chi connectivity index (χ0) is 30.2. The van der Waals surface area contributed by atoms with Gasteiger partial charge in [0.1, 0.15) is 12.7 Å². The summed E-state index contributed by atoms with van der Waals surface area (Å²) in [6.45, 7) is 20.7. The second kappa shape index (κ2) is 18.4. The highest BCUT2D eigenvalue weighted by Crippen LogP contribution is 2.31. The highest BCUT2D eigenvalue weighted by atomic mass is 16.5. The van der Waals surface area contributed by atoms with E-state index in [4.69, 9.17) is 14.6 Å². The van der Waals surface area contributed by atoms with E-state index in [1.807, 2.05) is 46.8 Å². The second-order valence-corrected chi connectivity index (χ2v) is 9.28. The first-order valence-electron chi connectivity index (χ1n) is 14.1. The molecule has 2 aliphatic heterocycles. The van der Waals surface area contributed by atoms with Crippen LogP contribution in [0.4, 0.5) is 0 Å². The Labute approximate surface area is 240 Å². The van der Waals surface area contributed by atoms with Crippen molar-refractivity contribution in [2.75, 3.05) is 39.3 Å². The Morgan fingerprint density at radius 2 is 1.93 bits per heavy atom. The predicted molar refractivity (Wildman–Crippen MR) is 159 cm³/mol. The van der Waals surface area contributed by atoms with Crippen LogP contribution in [0.2, 0.25) is 0 Å². The van der Waals surface area contributed by atoms with E-state index in [9.17, 15) is 15.0 Å². The van der Waals surface area contributed by atoms with Crippen molar-refractivity contribution in [1.82, 2.24) is 10.2 Å². The number of nitrogens with zero attached hydrogens (tertiary/aromatic N) is 1. The van der Waals surface area contributed by atoms with Gasteiger partial charge in [-0.05, 0) is 60.2 Å². The van der Waals surface area contributed by atoms with Crippen molar-refractivity contribution < 1.29 is 29.6 Å². The minimum atomic E-state index is -0.743. The number of aliphatic hydroxyl groups excluding tert-OH is 3. The van der Waals surface area contributed by atoms with Gasteiger partial charge in [0, 0.05) is 31.8 Å². The molecule has 0 saturated carbocycles. The number of benzene rings is 1. The Bertz CT molecular complexity index is 1090. The number of allylic oxidation sites excluding steroid dienone is 1. The van der Waals surface area contributed by atoms with Gasteiger partial charge in [-0.25, -0.2) is 4.79 Å². The van der Waals surface area contributed by atoms with Crippen molar-refractivity contribution in [3.05, 3.63) is 69.3 Å². The molecule has 0 aliphatic carbocycles. The monoisotopic (exact) mass is 556 g/mol. The van der Waals surface area contributed by atoms with Gasteiger partial charge in [0.25, 0.3) is 0 Å². The normalized spacial score (nSPS) is 17.6. The number of likely N-dealkylation sites (N-methyl/N-ethyl adjacent to an activating group) is 1. The molecule has 0 radical (unpaired) electrons. The van der Waals surface area contributed by atoms with Crippen molar-refractivity contribution in [3.8, 4) is 12.5 Å². The molecule has 4 N–H and O–H groups in total. The molecule has 0 amide bonds. The maximum absolute atomic E-state index is 12.0.